The third-order valence-corrected chi connectivity index (χ3v) is 4.90. The van der Waals surface area contributed by atoms with Gasteiger partial charge in [-0.1, -0.05) is 6.08 Å². The van der Waals surface area contributed by atoms with Crippen molar-refractivity contribution in [3.8, 4) is 0 Å². The van der Waals surface area contributed by atoms with Gasteiger partial charge in [0, 0.05) is 6.42 Å². The molecule has 0 aromatic carbocycles. The van der Waals surface area contributed by atoms with Crippen LogP contribution in [0.3, 0.4) is 0 Å². The van der Waals surface area contributed by atoms with Crippen LogP contribution < -0.4 is 0 Å². The molecule has 2 fully saturated rings. The maximum atomic E-state index is 12.0. The van der Waals surface area contributed by atoms with Crippen LogP contribution in [0, 0.1) is 11.3 Å². The highest BCUT2D eigenvalue weighted by atomic mass is 28.4. The molecule has 0 N–H and O–H groups in total. The van der Waals surface area contributed by atoms with E-state index in [-0.39, 0.29) is 5.41 Å². The zero-order valence-corrected chi connectivity index (χ0v) is 12.3. The highest BCUT2D eigenvalue weighted by Crippen LogP contribution is 2.59. The Morgan fingerprint density at radius 3 is 2.65 bits per heavy atom. The maximum Gasteiger partial charge on any atom is 0.241 e. The largest absolute Gasteiger partial charge is 0.548 e. The SMILES string of the molecule is C=C[C@@]12C(=O)C[C@@H]1CC/C2=C(/C)O[Si](C)(C)C. The molecule has 0 saturated heterocycles. The van der Waals surface area contributed by atoms with Crippen LogP contribution in [0.1, 0.15) is 26.2 Å². The summed E-state index contributed by atoms with van der Waals surface area (Å²) >= 11 is 0. The van der Waals surface area contributed by atoms with E-state index in [9.17, 15) is 4.79 Å². The topological polar surface area (TPSA) is 26.3 Å². The van der Waals surface area contributed by atoms with Crippen molar-refractivity contribution in [1.29, 1.82) is 0 Å². The maximum absolute atomic E-state index is 12.0. The molecule has 3 heteroatoms. The van der Waals surface area contributed by atoms with Gasteiger partial charge in [0.1, 0.15) is 5.78 Å². The number of fused-ring (bicyclic) bond motifs is 1. The molecule has 0 aromatic heterocycles. The van der Waals surface area contributed by atoms with E-state index in [1.165, 1.54) is 5.57 Å². The van der Waals surface area contributed by atoms with Crippen LogP contribution in [0.5, 0.6) is 0 Å². The van der Waals surface area contributed by atoms with Crippen LogP contribution in [-0.2, 0) is 9.22 Å². The molecular weight excluding hydrogens is 228 g/mol. The smallest absolute Gasteiger partial charge is 0.241 e. The number of carbonyl (C=O) groups is 1. The molecule has 2 saturated carbocycles. The molecule has 0 bridgehead atoms. The Balaban J connectivity index is 2.35. The summed E-state index contributed by atoms with van der Waals surface area (Å²) in [4.78, 5) is 12.0. The van der Waals surface area contributed by atoms with Crippen molar-refractivity contribution < 1.29 is 9.22 Å². The van der Waals surface area contributed by atoms with Gasteiger partial charge >= 0.3 is 0 Å². The molecular formula is C14H22O2Si. The van der Waals surface area contributed by atoms with Gasteiger partial charge in [-0.25, -0.2) is 0 Å². The molecule has 2 rings (SSSR count). The zero-order valence-electron chi connectivity index (χ0n) is 11.3. The predicted octanol–water partition coefficient (Wildman–Crippen LogP) is 3.67. The minimum absolute atomic E-state index is 0.337. The Hall–Kier alpha value is -0.833. The van der Waals surface area contributed by atoms with Gasteiger partial charge in [0.15, 0.2) is 0 Å². The highest BCUT2D eigenvalue weighted by Gasteiger charge is 2.58. The van der Waals surface area contributed by atoms with Crippen molar-refractivity contribution in [3.63, 3.8) is 0 Å². The van der Waals surface area contributed by atoms with E-state index in [0.717, 1.165) is 25.0 Å². The summed E-state index contributed by atoms with van der Waals surface area (Å²) in [6.45, 7) is 12.4. The lowest BCUT2D eigenvalue weighted by Gasteiger charge is -2.42. The van der Waals surface area contributed by atoms with Gasteiger partial charge in [0.25, 0.3) is 0 Å². The minimum atomic E-state index is -1.59. The molecule has 2 atom stereocenters. The van der Waals surface area contributed by atoms with Crippen LogP contribution in [0.4, 0.5) is 0 Å². The molecule has 2 nitrogen and oxygen atoms in total. The first-order valence-corrected chi connectivity index (χ1v) is 9.78. The minimum Gasteiger partial charge on any atom is -0.548 e. The van der Waals surface area contributed by atoms with Crippen molar-refractivity contribution >= 4 is 14.1 Å². The molecule has 2 aliphatic carbocycles. The monoisotopic (exact) mass is 250 g/mol. The molecule has 94 valence electrons. The van der Waals surface area contributed by atoms with E-state index in [4.69, 9.17) is 4.43 Å². The van der Waals surface area contributed by atoms with Crippen molar-refractivity contribution in [1.82, 2.24) is 0 Å². The Kier molecular flexibility index (Phi) is 2.85. The fraction of sp³-hybridized carbons (Fsp3) is 0.643. The van der Waals surface area contributed by atoms with Crippen molar-refractivity contribution in [2.45, 2.75) is 45.8 Å². The lowest BCUT2D eigenvalue weighted by Crippen LogP contribution is -2.46. The first kappa shape index (κ1) is 12.6. The number of ketones is 1. The standard InChI is InChI=1S/C14H22O2Si/c1-6-14-11(9-13(14)15)7-8-12(14)10(2)16-17(3,4)5/h6,11H,1,7-9H2,2-5H3/b12-10+/t11-,14+/m0/s1. The van der Waals surface area contributed by atoms with Crippen LogP contribution >= 0.6 is 0 Å². The molecule has 0 spiro atoms. The Bertz CT molecular complexity index is 403. The lowest BCUT2D eigenvalue weighted by atomic mass is 9.59. The second-order valence-corrected chi connectivity index (χ2v) is 10.6. The fourth-order valence-corrected chi connectivity index (χ4v) is 4.35. The zero-order chi connectivity index (χ0) is 12.8. The van der Waals surface area contributed by atoms with Gasteiger partial charge in [-0.2, -0.15) is 0 Å². The summed E-state index contributed by atoms with van der Waals surface area (Å²) < 4.78 is 6.07. The quantitative estimate of drug-likeness (QED) is 0.434. The van der Waals surface area contributed by atoms with E-state index >= 15 is 0 Å². The summed E-state index contributed by atoms with van der Waals surface area (Å²) in [5.41, 5.74) is 0.847. The van der Waals surface area contributed by atoms with Gasteiger partial charge in [-0.15, -0.1) is 6.58 Å². The second-order valence-electron chi connectivity index (χ2n) is 6.19. The number of Topliss-reactive ketones (excluding diaryl/α,β-unsaturated/α-hetero) is 1. The molecule has 17 heavy (non-hydrogen) atoms. The van der Waals surface area contributed by atoms with E-state index in [1.807, 2.05) is 13.0 Å². The van der Waals surface area contributed by atoms with Crippen molar-refractivity contribution in [3.05, 3.63) is 24.0 Å². The van der Waals surface area contributed by atoms with Gasteiger partial charge in [0.05, 0.1) is 11.2 Å². The van der Waals surface area contributed by atoms with Crippen molar-refractivity contribution in [2.75, 3.05) is 0 Å². The van der Waals surface area contributed by atoms with Gasteiger partial charge in [-0.3, -0.25) is 4.79 Å². The van der Waals surface area contributed by atoms with E-state index in [0.29, 0.717) is 11.7 Å². The number of rotatable bonds is 3. The molecule has 0 aliphatic heterocycles. The molecule has 0 heterocycles. The van der Waals surface area contributed by atoms with Crippen LogP contribution in [-0.4, -0.2) is 14.1 Å². The molecule has 0 aromatic rings. The molecule has 0 unspecified atom stereocenters. The lowest BCUT2D eigenvalue weighted by molar-refractivity contribution is -0.136. The Morgan fingerprint density at radius 1 is 1.53 bits per heavy atom. The summed E-state index contributed by atoms with van der Waals surface area (Å²) in [5.74, 6) is 1.81. The van der Waals surface area contributed by atoms with Crippen LogP contribution in [0.25, 0.3) is 0 Å². The number of carbonyl (C=O) groups excluding carboxylic acids is 1. The third kappa shape index (κ3) is 1.81. The van der Waals surface area contributed by atoms with E-state index < -0.39 is 8.32 Å². The first-order valence-electron chi connectivity index (χ1n) is 6.37. The molecule has 0 amide bonds. The third-order valence-electron chi connectivity index (χ3n) is 3.99. The van der Waals surface area contributed by atoms with E-state index in [1.54, 1.807) is 0 Å². The summed E-state index contributed by atoms with van der Waals surface area (Å²) in [6, 6.07) is 0. The predicted molar refractivity (Wildman–Crippen MR) is 72.1 cm³/mol. The number of allylic oxidation sites excluding steroid dienone is 3. The average molecular weight is 250 g/mol. The first-order chi connectivity index (χ1) is 7.81. The van der Waals surface area contributed by atoms with Crippen LogP contribution in [0.2, 0.25) is 19.6 Å². The molecule has 0 radical (unpaired) electrons. The number of hydrogen-bond acceptors (Lipinski definition) is 2. The number of hydrogen-bond donors (Lipinski definition) is 0. The summed E-state index contributed by atoms with van der Waals surface area (Å²) in [5, 5.41) is 0. The highest BCUT2D eigenvalue weighted by molar-refractivity contribution is 6.70. The normalized spacial score (nSPS) is 35.1. The Labute approximate surface area is 105 Å². The van der Waals surface area contributed by atoms with Gasteiger partial charge < -0.3 is 4.43 Å². The summed E-state index contributed by atoms with van der Waals surface area (Å²) in [7, 11) is -1.59. The average Bonchev–Trinajstić information content (AvgIpc) is 2.48. The molecule has 2 aliphatic rings. The van der Waals surface area contributed by atoms with Crippen molar-refractivity contribution in [2.24, 2.45) is 11.3 Å². The fourth-order valence-electron chi connectivity index (χ4n) is 3.31. The van der Waals surface area contributed by atoms with E-state index in [2.05, 4.69) is 26.2 Å². The van der Waals surface area contributed by atoms with Gasteiger partial charge in [-0.05, 0) is 50.9 Å². The summed E-state index contributed by atoms with van der Waals surface area (Å²) in [6.07, 6.45) is 4.71. The second kappa shape index (κ2) is 3.84. The Morgan fingerprint density at radius 2 is 2.18 bits per heavy atom. The van der Waals surface area contributed by atoms with Gasteiger partial charge in [0.2, 0.25) is 8.32 Å². The van der Waals surface area contributed by atoms with Crippen LogP contribution in [0.15, 0.2) is 24.0 Å².